The van der Waals surface area contributed by atoms with E-state index >= 15 is 0 Å². The van der Waals surface area contributed by atoms with Crippen molar-refractivity contribution in [2.24, 2.45) is 5.92 Å². The van der Waals surface area contributed by atoms with Crippen LogP contribution in [0.5, 0.6) is 5.88 Å². The van der Waals surface area contributed by atoms with Crippen molar-refractivity contribution in [2.45, 2.75) is 56.1 Å². The van der Waals surface area contributed by atoms with E-state index in [1.165, 1.54) is 17.5 Å². The first kappa shape index (κ1) is 28.1. The summed E-state index contributed by atoms with van der Waals surface area (Å²) in [6.07, 6.45) is 1.40. The number of rotatable bonds is 8. The third kappa shape index (κ3) is 6.44. The first-order valence-electron chi connectivity index (χ1n) is 11.9. The number of nitrogens with zero attached hydrogens (tertiary/aromatic N) is 3. The van der Waals surface area contributed by atoms with Crippen LogP contribution in [-0.2, 0) is 10.0 Å². The average Bonchev–Trinajstić information content (AvgIpc) is 3.40. The lowest BCUT2D eigenvalue weighted by molar-refractivity contribution is 0.0373. The predicted octanol–water partition coefficient (Wildman–Crippen LogP) is 2.20. The summed E-state index contributed by atoms with van der Waals surface area (Å²) < 4.78 is 33.6. The highest BCUT2D eigenvalue weighted by Gasteiger charge is 2.36. The van der Waals surface area contributed by atoms with Crippen molar-refractivity contribution in [1.29, 1.82) is 0 Å². The number of carbonyl (C=O) groups excluding carboxylic acids is 1. The molecule has 9 nitrogen and oxygen atoms in total. The second kappa shape index (κ2) is 12.2. The highest BCUT2D eigenvalue weighted by molar-refractivity contribution is 7.91. The van der Waals surface area contributed by atoms with E-state index in [-0.39, 0.29) is 47.2 Å². The number of pyridine rings is 1. The summed E-state index contributed by atoms with van der Waals surface area (Å²) in [6.45, 7) is 5.63. The minimum Gasteiger partial charge on any atom is -0.472 e. The molecule has 0 saturated carbocycles. The van der Waals surface area contributed by atoms with Gasteiger partial charge in [0.05, 0.1) is 19.2 Å². The highest BCUT2D eigenvalue weighted by atomic mass is 32.2. The minimum absolute atomic E-state index is 0.0445. The molecular weight excluding hydrogens is 502 g/mol. The zero-order valence-corrected chi connectivity index (χ0v) is 22.6. The molecule has 0 radical (unpaired) electrons. The summed E-state index contributed by atoms with van der Waals surface area (Å²) in [5, 5.41) is 21.4. The summed E-state index contributed by atoms with van der Waals surface area (Å²) >= 11 is 1.14. The number of carbonyl (C=O) groups is 1. The van der Waals surface area contributed by atoms with E-state index in [4.69, 9.17) is 4.74 Å². The second-order valence-corrected chi connectivity index (χ2v) is 12.2. The minimum atomic E-state index is -3.70. The van der Waals surface area contributed by atoms with Crippen LogP contribution in [0.1, 0.15) is 49.5 Å². The molecule has 0 aliphatic carbocycles. The van der Waals surface area contributed by atoms with E-state index in [0.717, 1.165) is 17.8 Å². The molecular formula is C25H33N3O6S2. The molecule has 0 fully saturated rings. The van der Waals surface area contributed by atoms with Gasteiger partial charge < -0.3 is 19.8 Å². The molecule has 1 aliphatic heterocycles. The van der Waals surface area contributed by atoms with Gasteiger partial charge in [-0.3, -0.25) is 4.79 Å². The standard InChI is InChI=1S/C25H33N3O6S2/c1-5-7-20(30)10-9-19-12-21-24(26-13-19)34-22(17(2)14-28(25(21)31)18(3)16-29)15-27(4)36(32,33)23-8-6-11-35-23/h6,8,11-13,17-18,20,22,29-30H,5,7,14-16H2,1-4H3/t17-,18+,20?,22-/m0/s1. The maximum Gasteiger partial charge on any atom is 0.259 e. The highest BCUT2D eigenvalue weighted by Crippen LogP contribution is 2.28. The first-order valence-corrected chi connectivity index (χ1v) is 14.2. The normalized spacial score (nSPS) is 20.0. The average molecular weight is 536 g/mol. The molecule has 1 aliphatic rings. The Morgan fingerprint density at radius 3 is 2.81 bits per heavy atom. The molecule has 36 heavy (non-hydrogen) atoms. The number of fused-ring (bicyclic) bond motifs is 1. The second-order valence-electron chi connectivity index (χ2n) is 8.99. The molecule has 2 aromatic rings. The van der Waals surface area contributed by atoms with Crippen molar-refractivity contribution < 1.29 is 28.2 Å². The molecule has 11 heteroatoms. The van der Waals surface area contributed by atoms with E-state index in [9.17, 15) is 23.4 Å². The van der Waals surface area contributed by atoms with E-state index < -0.39 is 28.3 Å². The number of hydrogen-bond donors (Lipinski definition) is 2. The number of likely N-dealkylation sites (N-methyl/N-ethyl adjacent to an activating group) is 1. The lowest BCUT2D eigenvalue weighted by Gasteiger charge is -2.37. The quantitative estimate of drug-likeness (QED) is 0.497. The molecule has 3 heterocycles. The predicted molar refractivity (Wildman–Crippen MR) is 137 cm³/mol. The van der Waals surface area contributed by atoms with Crippen molar-refractivity contribution in [2.75, 3.05) is 26.7 Å². The smallest absolute Gasteiger partial charge is 0.259 e. The number of aliphatic hydroxyl groups excluding tert-OH is 2. The molecule has 2 aromatic heterocycles. The van der Waals surface area contributed by atoms with Gasteiger partial charge >= 0.3 is 0 Å². The lowest BCUT2D eigenvalue weighted by Crippen LogP contribution is -2.50. The van der Waals surface area contributed by atoms with Gasteiger partial charge in [-0.15, -0.1) is 11.3 Å². The zero-order chi connectivity index (χ0) is 26.5. The van der Waals surface area contributed by atoms with Gasteiger partial charge in [-0.1, -0.05) is 38.2 Å². The van der Waals surface area contributed by atoms with Gasteiger partial charge in [0.15, 0.2) is 0 Å². The Bertz CT molecular complexity index is 1210. The van der Waals surface area contributed by atoms with Crippen molar-refractivity contribution in [3.8, 4) is 17.7 Å². The Morgan fingerprint density at radius 2 is 2.17 bits per heavy atom. The van der Waals surface area contributed by atoms with Gasteiger partial charge in [-0.05, 0) is 30.9 Å². The molecule has 1 amide bonds. The van der Waals surface area contributed by atoms with Crippen LogP contribution < -0.4 is 4.74 Å². The van der Waals surface area contributed by atoms with Gasteiger partial charge in [-0.25, -0.2) is 13.4 Å². The summed E-state index contributed by atoms with van der Waals surface area (Å²) in [5.41, 5.74) is 0.618. The monoisotopic (exact) mass is 535 g/mol. The molecule has 196 valence electrons. The van der Waals surface area contributed by atoms with Crippen molar-refractivity contribution in [1.82, 2.24) is 14.2 Å². The molecule has 1 unspecified atom stereocenters. The number of amides is 1. The third-order valence-corrected chi connectivity index (χ3v) is 9.26. The van der Waals surface area contributed by atoms with Gasteiger partial charge in [-0.2, -0.15) is 4.31 Å². The van der Waals surface area contributed by atoms with Crippen molar-refractivity contribution in [3.05, 3.63) is 40.9 Å². The number of hydrogen-bond acceptors (Lipinski definition) is 8. The van der Waals surface area contributed by atoms with Gasteiger partial charge in [0.1, 0.15) is 22.0 Å². The van der Waals surface area contributed by atoms with Crippen LogP contribution in [0.2, 0.25) is 0 Å². The molecule has 3 rings (SSSR count). The Labute approximate surface area is 216 Å². The molecule has 0 spiro atoms. The van der Waals surface area contributed by atoms with Crippen LogP contribution in [0.3, 0.4) is 0 Å². The van der Waals surface area contributed by atoms with Crippen molar-refractivity contribution in [3.63, 3.8) is 0 Å². The molecule has 2 N–H and O–H groups in total. The van der Waals surface area contributed by atoms with Gasteiger partial charge in [0.2, 0.25) is 5.88 Å². The third-order valence-electron chi connectivity index (χ3n) is 6.06. The molecule has 0 aromatic carbocycles. The van der Waals surface area contributed by atoms with Gasteiger partial charge in [0.25, 0.3) is 15.9 Å². The Balaban J connectivity index is 1.97. The molecule has 0 saturated heterocycles. The first-order chi connectivity index (χ1) is 17.1. The topological polar surface area (TPSA) is 120 Å². The Morgan fingerprint density at radius 1 is 1.42 bits per heavy atom. The van der Waals surface area contributed by atoms with Crippen LogP contribution in [-0.4, -0.2) is 83.7 Å². The summed E-state index contributed by atoms with van der Waals surface area (Å²) in [7, 11) is -2.20. The number of sulfonamides is 1. The van der Waals surface area contributed by atoms with E-state index in [2.05, 4.69) is 16.8 Å². The number of aliphatic hydroxyl groups is 2. The molecule has 0 bridgehead atoms. The fourth-order valence-electron chi connectivity index (χ4n) is 3.82. The summed E-state index contributed by atoms with van der Waals surface area (Å²) in [6, 6.07) is 4.33. The number of aromatic nitrogens is 1. The van der Waals surface area contributed by atoms with Crippen LogP contribution in [0.4, 0.5) is 0 Å². The zero-order valence-electron chi connectivity index (χ0n) is 20.9. The number of ether oxygens (including phenoxy) is 1. The SMILES string of the molecule is CCCC(O)C#Cc1cnc2c(c1)C(=O)N([C@H](C)CO)C[C@H](C)[C@H](CN(C)S(=O)(=O)c1cccs1)O2. The summed E-state index contributed by atoms with van der Waals surface area (Å²) in [4.78, 5) is 19.4. The Hall–Kier alpha value is -2.49. The maximum atomic E-state index is 13.5. The van der Waals surface area contributed by atoms with Gasteiger partial charge in [0, 0.05) is 31.3 Å². The van der Waals surface area contributed by atoms with E-state index in [1.807, 2.05) is 13.8 Å². The van der Waals surface area contributed by atoms with Crippen LogP contribution in [0.25, 0.3) is 0 Å². The van der Waals surface area contributed by atoms with E-state index in [0.29, 0.717) is 12.0 Å². The van der Waals surface area contributed by atoms with Crippen LogP contribution in [0, 0.1) is 17.8 Å². The Kier molecular flexibility index (Phi) is 9.49. The molecule has 4 atom stereocenters. The van der Waals surface area contributed by atoms with Crippen LogP contribution in [0.15, 0.2) is 34.0 Å². The fraction of sp³-hybridized carbons (Fsp3) is 0.520. The lowest BCUT2D eigenvalue weighted by atomic mass is 10.0. The maximum absolute atomic E-state index is 13.5. The number of thiophene rings is 1. The summed E-state index contributed by atoms with van der Waals surface area (Å²) in [5.74, 6) is 5.07. The largest absolute Gasteiger partial charge is 0.472 e. The van der Waals surface area contributed by atoms with Crippen molar-refractivity contribution >= 4 is 27.3 Å². The fourth-order valence-corrected chi connectivity index (χ4v) is 6.20. The van der Waals surface area contributed by atoms with E-state index in [1.54, 1.807) is 35.4 Å². The van der Waals surface area contributed by atoms with Crippen LogP contribution >= 0.6 is 11.3 Å².